The molecule has 2 aromatic carbocycles. The number of anilines is 3. The van der Waals surface area contributed by atoms with Crippen LogP contribution in [0.5, 0.6) is 0 Å². The van der Waals surface area contributed by atoms with Gasteiger partial charge in [0, 0.05) is 0 Å². The molecule has 0 aliphatic heterocycles. The molecule has 22 heavy (non-hydrogen) atoms. The molecule has 0 spiro atoms. The number of hydrazine groups is 1. The summed E-state index contributed by atoms with van der Waals surface area (Å²) in [6.45, 7) is 5.88. The van der Waals surface area contributed by atoms with Crippen molar-refractivity contribution in [2.45, 2.75) is 20.8 Å². The first-order valence-electron chi connectivity index (χ1n) is 6.92. The van der Waals surface area contributed by atoms with E-state index < -0.39 is 0 Å². The monoisotopic (exact) mass is 298 g/mol. The number of nitrogen functional groups attached to an aromatic ring is 2. The van der Waals surface area contributed by atoms with Crippen LogP contribution in [0.15, 0.2) is 35.3 Å². The minimum atomic E-state index is 0.116. The first-order chi connectivity index (χ1) is 10.3. The Labute approximate surface area is 130 Å². The van der Waals surface area contributed by atoms with E-state index in [0.717, 1.165) is 16.7 Å². The van der Waals surface area contributed by atoms with E-state index in [4.69, 9.17) is 23.0 Å². The van der Waals surface area contributed by atoms with Crippen molar-refractivity contribution in [3.63, 3.8) is 0 Å². The number of benzene rings is 2. The predicted molar refractivity (Wildman–Crippen MR) is 93.9 cm³/mol. The third-order valence-electron chi connectivity index (χ3n) is 3.69. The Hall–Kier alpha value is -2.73. The molecule has 0 aromatic heterocycles. The van der Waals surface area contributed by atoms with Crippen LogP contribution in [0.1, 0.15) is 16.7 Å². The Morgan fingerprint density at radius 1 is 1.05 bits per heavy atom. The summed E-state index contributed by atoms with van der Waals surface area (Å²) in [5.74, 6) is 6.16. The molecule has 2 aromatic rings. The lowest BCUT2D eigenvalue weighted by atomic mass is 10.1. The van der Waals surface area contributed by atoms with E-state index in [-0.39, 0.29) is 5.96 Å². The van der Waals surface area contributed by atoms with Gasteiger partial charge in [0.15, 0.2) is 0 Å². The Kier molecular flexibility index (Phi) is 4.23. The van der Waals surface area contributed by atoms with Crippen molar-refractivity contribution < 1.29 is 0 Å². The van der Waals surface area contributed by atoms with Gasteiger partial charge in [-0.15, -0.1) is 0 Å². The molecule has 0 fully saturated rings. The van der Waals surface area contributed by atoms with Crippen LogP contribution in [0.4, 0.5) is 22.7 Å². The summed E-state index contributed by atoms with van der Waals surface area (Å²) in [5.41, 5.74) is 23.4. The van der Waals surface area contributed by atoms with Crippen LogP contribution in [0, 0.1) is 20.8 Å². The van der Waals surface area contributed by atoms with Crippen LogP contribution >= 0.6 is 0 Å². The molecule has 0 saturated carbocycles. The fourth-order valence-electron chi connectivity index (χ4n) is 2.11. The van der Waals surface area contributed by atoms with Gasteiger partial charge in [-0.05, 0) is 55.7 Å². The van der Waals surface area contributed by atoms with Crippen molar-refractivity contribution in [1.82, 2.24) is 0 Å². The number of nitrogens with zero attached hydrogens (tertiary/aromatic N) is 2. The molecular formula is C16H22N6. The summed E-state index contributed by atoms with van der Waals surface area (Å²) in [4.78, 5) is 4.28. The number of rotatable bonds is 2. The molecule has 0 bridgehead atoms. The zero-order chi connectivity index (χ0) is 16.4. The molecule has 8 N–H and O–H groups in total. The summed E-state index contributed by atoms with van der Waals surface area (Å²) in [6.07, 6.45) is 0. The topological polar surface area (TPSA) is 120 Å². The number of nitrogens with two attached hydrogens (primary N) is 4. The molecule has 0 saturated heterocycles. The van der Waals surface area contributed by atoms with Crippen molar-refractivity contribution in [1.29, 1.82) is 0 Å². The Morgan fingerprint density at radius 2 is 1.73 bits per heavy atom. The average molecular weight is 298 g/mol. The van der Waals surface area contributed by atoms with Gasteiger partial charge in [-0.2, -0.15) is 0 Å². The Bertz CT molecular complexity index is 736. The van der Waals surface area contributed by atoms with Crippen LogP contribution < -0.4 is 28.1 Å². The predicted octanol–water partition coefficient (Wildman–Crippen LogP) is 2.10. The molecule has 2 rings (SSSR count). The van der Waals surface area contributed by atoms with Gasteiger partial charge in [0.05, 0.1) is 22.7 Å². The van der Waals surface area contributed by atoms with E-state index in [0.29, 0.717) is 22.7 Å². The summed E-state index contributed by atoms with van der Waals surface area (Å²) in [6, 6.07) is 9.30. The minimum absolute atomic E-state index is 0.116. The molecule has 0 unspecified atom stereocenters. The molecule has 0 heterocycles. The zero-order valence-corrected chi connectivity index (χ0v) is 13.1. The van der Waals surface area contributed by atoms with Gasteiger partial charge in [0.1, 0.15) is 0 Å². The van der Waals surface area contributed by atoms with Crippen molar-refractivity contribution >= 4 is 28.7 Å². The highest BCUT2D eigenvalue weighted by molar-refractivity contribution is 5.99. The number of aryl methyl sites for hydroxylation is 2. The number of guanidine groups is 1. The lowest BCUT2D eigenvalue weighted by Gasteiger charge is -2.21. The van der Waals surface area contributed by atoms with Crippen molar-refractivity contribution in [3.8, 4) is 0 Å². The quantitative estimate of drug-likeness (QED) is 0.222. The van der Waals surface area contributed by atoms with E-state index in [9.17, 15) is 0 Å². The Balaban J connectivity index is 2.38. The molecule has 0 aliphatic rings. The zero-order valence-electron chi connectivity index (χ0n) is 13.1. The summed E-state index contributed by atoms with van der Waals surface area (Å²) < 4.78 is 0. The summed E-state index contributed by atoms with van der Waals surface area (Å²) >= 11 is 0. The minimum Gasteiger partial charge on any atom is -0.397 e. The van der Waals surface area contributed by atoms with E-state index in [1.54, 1.807) is 6.07 Å². The molecule has 0 aliphatic carbocycles. The SMILES string of the molecule is Cc1ccc(N=C(N)N(N)c2ccc(C)c(C)c2N)c(N)c1. The molecule has 6 heteroatoms. The van der Waals surface area contributed by atoms with Gasteiger partial charge in [0.25, 0.3) is 0 Å². The normalized spacial score (nSPS) is 11.5. The fraction of sp³-hybridized carbons (Fsp3) is 0.188. The second-order valence-electron chi connectivity index (χ2n) is 5.34. The van der Waals surface area contributed by atoms with E-state index in [1.807, 2.05) is 45.0 Å². The van der Waals surface area contributed by atoms with Gasteiger partial charge in [-0.1, -0.05) is 12.1 Å². The highest BCUT2D eigenvalue weighted by atomic mass is 15.5. The second-order valence-corrected chi connectivity index (χ2v) is 5.34. The maximum absolute atomic E-state index is 6.11. The first kappa shape index (κ1) is 15.7. The molecular weight excluding hydrogens is 276 g/mol. The van der Waals surface area contributed by atoms with Crippen LogP contribution in [0.2, 0.25) is 0 Å². The lowest BCUT2D eigenvalue weighted by Crippen LogP contribution is -2.43. The van der Waals surface area contributed by atoms with Gasteiger partial charge in [0.2, 0.25) is 5.96 Å². The summed E-state index contributed by atoms with van der Waals surface area (Å²) in [5, 5.41) is 1.26. The van der Waals surface area contributed by atoms with Crippen LogP contribution in [-0.4, -0.2) is 5.96 Å². The van der Waals surface area contributed by atoms with Crippen LogP contribution in [-0.2, 0) is 0 Å². The number of hydrogen-bond acceptors (Lipinski definition) is 4. The standard InChI is InChI=1S/C16H22N6/c1-9-4-6-13(12(17)8-9)21-16(19)22(20)14-7-5-10(2)11(3)15(14)18/h4-8H,17-18,20H2,1-3H3,(H2,19,21). The highest BCUT2D eigenvalue weighted by Gasteiger charge is 2.13. The van der Waals surface area contributed by atoms with E-state index in [1.165, 1.54) is 5.01 Å². The average Bonchev–Trinajstić information content (AvgIpc) is 2.47. The van der Waals surface area contributed by atoms with E-state index >= 15 is 0 Å². The van der Waals surface area contributed by atoms with Crippen molar-refractivity contribution in [3.05, 3.63) is 47.0 Å². The second kappa shape index (κ2) is 5.95. The molecule has 0 atom stereocenters. The molecule has 116 valence electrons. The summed E-state index contributed by atoms with van der Waals surface area (Å²) in [7, 11) is 0. The smallest absolute Gasteiger partial charge is 0.215 e. The van der Waals surface area contributed by atoms with Crippen molar-refractivity contribution in [2.75, 3.05) is 16.5 Å². The van der Waals surface area contributed by atoms with Crippen LogP contribution in [0.25, 0.3) is 0 Å². The first-order valence-corrected chi connectivity index (χ1v) is 6.92. The van der Waals surface area contributed by atoms with Gasteiger partial charge in [-0.25, -0.2) is 15.8 Å². The van der Waals surface area contributed by atoms with Gasteiger partial charge >= 0.3 is 0 Å². The van der Waals surface area contributed by atoms with Gasteiger partial charge in [-0.3, -0.25) is 0 Å². The largest absolute Gasteiger partial charge is 0.397 e. The van der Waals surface area contributed by atoms with Gasteiger partial charge < -0.3 is 17.2 Å². The highest BCUT2D eigenvalue weighted by Crippen LogP contribution is 2.28. The molecule has 0 amide bonds. The Morgan fingerprint density at radius 3 is 2.36 bits per heavy atom. The third-order valence-corrected chi connectivity index (χ3v) is 3.69. The number of aliphatic imine (C=N–C) groups is 1. The lowest BCUT2D eigenvalue weighted by molar-refractivity contribution is 1.10. The van der Waals surface area contributed by atoms with Crippen LogP contribution in [0.3, 0.4) is 0 Å². The third kappa shape index (κ3) is 2.96. The number of hydrogen-bond donors (Lipinski definition) is 4. The van der Waals surface area contributed by atoms with E-state index in [2.05, 4.69) is 4.99 Å². The maximum Gasteiger partial charge on any atom is 0.215 e. The van der Waals surface area contributed by atoms with Crippen molar-refractivity contribution in [2.24, 2.45) is 16.6 Å². The maximum atomic E-state index is 6.11. The molecule has 0 radical (unpaired) electrons. The molecule has 6 nitrogen and oxygen atoms in total. The fourth-order valence-corrected chi connectivity index (χ4v) is 2.11.